The first-order valence-corrected chi connectivity index (χ1v) is 10.0. The molecule has 0 spiro atoms. The Morgan fingerprint density at radius 3 is 1.52 bits per heavy atom. The van der Waals surface area contributed by atoms with Gasteiger partial charge in [0.05, 0.1) is 22.6 Å². The molecule has 0 fully saturated rings. The van der Waals surface area contributed by atoms with Crippen molar-refractivity contribution in [3.8, 4) is 0 Å². The van der Waals surface area contributed by atoms with E-state index in [2.05, 4.69) is 115 Å². The van der Waals surface area contributed by atoms with Gasteiger partial charge in [-0.25, -0.2) is 0 Å². The van der Waals surface area contributed by atoms with E-state index < -0.39 is 0 Å². The Morgan fingerprint density at radius 1 is 0.379 bits per heavy atom. The average Bonchev–Trinajstić information content (AvgIpc) is 2.80. The van der Waals surface area contributed by atoms with Crippen molar-refractivity contribution in [3.63, 3.8) is 0 Å². The monoisotopic (exact) mass is 367 g/mol. The molecule has 0 aliphatic heterocycles. The molecule has 0 N–H and O–H groups in total. The normalized spacial score (nSPS) is 11.4. The minimum absolute atomic E-state index is 1.24. The van der Waals surface area contributed by atoms with Crippen LogP contribution in [-0.2, 0) is 0 Å². The minimum Gasteiger partial charge on any atom is -0.0610 e. The molecule has 0 aliphatic rings. The van der Waals surface area contributed by atoms with E-state index in [0.717, 1.165) is 0 Å². The van der Waals surface area contributed by atoms with E-state index in [1.54, 1.807) is 0 Å². The lowest BCUT2D eigenvalue weighted by Gasteiger charge is -2.17. The quantitative estimate of drug-likeness (QED) is 0.172. The predicted octanol–water partition coefficient (Wildman–Crippen LogP) is 7.60. The van der Waals surface area contributed by atoms with Gasteiger partial charge in [0, 0.05) is 16.2 Å². The van der Waals surface area contributed by atoms with Gasteiger partial charge < -0.3 is 0 Å². The number of rotatable bonds is 3. The first kappa shape index (κ1) is 16.2. The highest BCUT2D eigenvalue weighted by Crippen LogP contribution is 2.41. The van der Waals surface area contributed by atoms with Crippen LogP contribution in [0.1, 0.15) is 16.7 Å². The third kappa shape index (κ3) is 2.50. The van der Waals surface area contributed by atoms with E-state index in [-0.39, 0.29) is 0 Å². The van der Waals surface area contributed by atoms with Crippen molar-refractivity contribution < 1.29 is 0 Å². The van der Waals surface area contributed by atoms with E-state index >= 15 is 0 Å². The van der Waals surface area contributed by atoms with Crippen LogP contribution in [0.25, 0.3) is 32.3 Å². The first-order chi connectivity index (χ1) is 14.4. The van der Waals surface area contributed by atoms with Gasteiger partial charge in [-0.15, -0.1) is 0 Å². The summed E-state index contributed by atoms with van der Waals surface area (Å²) in [5.41, 5.74) is 3.77. The topological polar surface area (TPSA) is 0 Å². The molecule has 0 atom stereocenters. The summed E-state index contributed by atoms with van der Waals surface area (Å²) in [5, 5.41) is 7.95. The van der Waals surface area contributed by atoms with Gasteiger partial charge in [-0.2, -0.15) is 0 Å². The highest BCUT2D eigenvalue weighted by molar-refractivity contribution is 6.23. The summed E-state index contributed by atoms with van der Waals surface area (Å²) >= 11 is 0. The molecule has 6 aromatic carbocycles. The van der Waals surface area contributed by atoms with Gasteiger partial charge in [-0.1, -0.05) is 42.5 Å². The zero-order chi connectivity index (χ0) is 19.2. The Morgan fingerprint density at radius 2 is 0.897 bits per heavy atom. The summed E-state index contributed by atoms with van der Waals surface area (Å²) in [5.74, 6) is 1.28. The number of hydrogen-bond donors (Lipinski definition) is 0. The largest absolute Gasteiger partial charge is 0.0638 e. The lowest BCUT2D eigenvalue weighted by molar-refractivity contribution is 1.25. The van der Waals surface area contributed by atoms with Crippen LogP contribution in [-0.4, -0.2) is 0 Å². The van der Waals surface area contributed by atoms with Crippen LogP contribution < -0.4 is 0 Å². The van der Waals surface area contributed by atoms with E-state index in [4.69, 9.17) is 0 Å². The van der Waals surface area contributed by atoms with Gasteiger partial charge >= 0.3 is 0 Å². The zero-order valence-corrected chi connectivity index (χ0v) is 16.0. The molecule has 6 aromatic rings. The molecule has 6 rings (SSSR count). The highest BCUT2D eigenvalue weighted by Gasteiger charge is 2.25. The standard InChI is InChI=1S/C29H19/c1-3-8-20(9-4-1)27(21-10-5-2-6-11-21)25-18-17-24-15-14-22-12-7-13-23-16-19-26(25)29(24)28(22)23/h1-19H/q+1. The Kier molecular flexibility index (Phi) is 3.57. The maximum absolute atomic E-state index is 2.30. The molecular weight excluding hydrogens is 348 g/mol. The second-order valence-electron chi connectivity index (χ2n) is 7.58. The van der Waals surface area contributed by atoms with Crippen LogP contribution in [0.4, 0.5) is 0 Å². The van der Waals surface area contributed by atoms with Gasteiger partial charge in [0.1, 0.15) is 0 Å². The molecule has 0 heteroatoms. The molecule has 0 saturated carbocycles. The Labute approximate surface area is 170 Å². The van der Waals surface area contributed by atoms with Gasteiger partial charge in [-0.05, 0) is 89.0 Å². The van der Waals surface area contributed by atoms with Gasteiger partial charge in [-0.3, -0.25) is 0 Å². The van der Waals surface area contributed by atoms with Crippen LogP contribution in [0.15, 0.2) is 115 Å². The second kappa shape index (κ2) is 6.39. The third-order valence-corrected chi connectivity index (χ3v) is 5.92. The van der Waals surface area contributed by atoms with Crippen molar-refractivity contribution in [1.29, 1.82) is 0 Å². The maximum atomic E-state index is 2.30. The third-order valence-electron chi connectivity index (χ3n) is 5.92. The molecule has 29 heavy (non-hydrogen) atoms. The lowest BCUT2D eigenvalue weighted by Crippen LogP contribution is -2.05. The van der Waals surface area contributed by atoms with Crippen LogP contribution in [0.2, 0.25) is 0 Å². The Bertz CT molecular complexity index is 1370. The molecule has 0 aromatic heterocycles. The summed E-state index contributed by atoms with van der Waals surface area (Å²) in [4.78, 5) is 0. The van der Waals surface area contributed by atoms with Gasteiger partial charge in [0.2, 0.25) is 0 Å². The minimum atomic E-state index is 1.24. The van der Waals surface area contributed by atoms with Crippen molar-refractivity contribution >= 4 is 32.3 Å². The zero-order valence-electron chi connectivity index (χ0n) is 16.0. The summed E-state index contributed by atoms with van der Waals surface area (Å²) in [7, 11) is 0. The molecule has 0 radical (unpaired) electrons. The Balaban J connectivity index is 1.72. The molecule has 0 nitrogen and oxygen atoms in total. The van der Waals surface area contributed by atoms with E-state index in [1.807, 2.05) is 0 Å². The molecule has 134 valence electrons. The molecule has 0 amide bonds. The smallest absolute Gasteiger partial charge is 0.0610 e. The highest BCUT2D eigenvalue weighted by atomic mass is 14.2. The SMILES string of the molecule is c1ccc([C+](c2ccccc2)c2ccc3ccc4cccc5ccc2c3c45)cc1. The molecule has 0 saturated heterocycles. The van der Waals surface area contributed by atoms with Gasteiger partial charge in [0.25, 0.3) is 0 Å². The summed E-state index contributed by atoms with van der Waals surface area (Å²) in [6.45, 7) is 0. The maximum Gasteiger partial charge on any atom is 0.0638 e. The van der Waals surface area contributed by atoms with E-state index in [1.165, 1.54) is 54.9 Å². The van der Waals surface area contributed by atoms with E-state index in [0.29, 0.717) is 0 Å². The molecule has 0 aliphatic carbocycles. The van der Waals surface area contributed by atoms with Crippen LogP contribution in [0.5, 0.6) is 0 Å². The van der Waals surface area contributed by atoms with Crippen LogP contribution in [0, 0.1) is 5.92 Å². The fourth-order valence-corrected chi connectivity index (χ4v) is 4.64. The van der Waals surface area contributed by atoms with Gasteiger partial charge in [0.15, 0.2) is 0 Å². The average molecular weight is 367 g/mol. The van der Waals surface area contributed by atoms with E-state index in [9.17, 15) is 0 Å². The fourth-order valence-electron chi connectivity index (χ4n) is 4.64. The molecule has 0 unspecified atom stereocenters. The van der Waals surface area contributed by atoms with Crippen LogP contribution >= 0.6 is 0 Å². The fraction of sp³-hybridized carbons (Fsp3) is 0. The lowest BCUT2D eigenvalue weighted by atomic mass is 9.81. The predicted molar refractivity (Wildman–Crippen MR) is 124 cm³/mol. The molecule has 0 heterocycles. The van der Waals surface area contributed by atoms with Crippen molar-refractivity contribution in [2.45, 2.75) is 0 Å². The molecular formula is C29H19+. The Hall–Kier alpha value is -3.77. The summed E-state index contributed by atoms with van der Waals surface area (Å²) in [6.07, 6.45) is 0. The van der Waals surface area contributed by atoms with Crippen LogP contribution in [0.3, 0.4) is 0 Å². The second-order valence-corrected chi connectivity index (χ2v) is 7.58. The summed E-state index contributed by atoms with van der Waals surface area (Å²) in [6, 6.07) is 41.7. The van der Waals surface area contributed by atoms with Crippen molar-refractivity contribution in [2.24, 2.45) is 0 Å². The summed E-state index contributed by atoms with van der Waals surface area (Å²) < 4.78 is 0. The first-order valence-electron chi connectivity index (χ1n) is 10.0. The number of benzene rings is 6. The molecule has 0 bridgehead atoms. The van der Waals surface area contributed by atoms with Crippen molar-refractivity contribution in [1.82, 2.24) is 0 Å². The number of hydrogen-bond acceptors (Lipinski definition) is 0. The van der Waals surface area contributed by atoms with Crippen molar-refractivity contribution in [2.75, 3.05) is 0 Å². The van der Waals surface area contributed by atoms with Crippen molar-refractivity contribution in [3.05, 3.63) is 138 Å².